The minimum absolute atomic E-state index is 0.520. The monoisotopic (exact) mass is 177 g/mol. The van der Waals surface area contributed by atoms with Crippen molar-refractivity contribution in [1.82, 2.24) is 9.55 Å². The molecule has 0 spiro atoms. The Bertz CT molecular complexity index is 291. The first-order valence-corrected chi connectivity index (χ1v) is 4.73. The van der Waals surface area contributed by atoms with E-state index in [1.54, 1.807) is 6.20 Å². The zero-order valence-corrected chi connectivity index (χ0v) is 8.20. The molecule has 0 aliphatic carbocycles. The summed E-state index contributed by atoms with van der Waals surface area (Å²) in [5.74, 6) is 1.17. The fraction of sp³-hybridized carbons (Fsp3) is 0.600. The Labute approximate surface area is 79.0 Å². The van der Waals surface area contributed by atoms with E-state index in [4.69, 9.17) is 5.26 Å². The van der Waals surface area contributed by atoms with Crippen LogP contribution in [0.3, 0.4) is 0 Å². The zero-order chi connectivity index (χ0) is 9.68. The van der Waals surface area contributed by atoms with Gasteiger partial charge in [0.1, 0.15) is 6.07 Å². The Morgan fingerprint density at radius 3 is 2.77 bits per heavy atom. The maximum Gasteiger partial charge on any atom is 0.212 e. The summed E-state index contributed by atoms with van der Waals surface area (Å²) in [6.45, 7) is 5.27. The third-order valence-electron chi connectivity index (χ3n) is 2.43. The maximum absolute atomic E-state index is 8.73. The van der Waals surface area contributed by atoms with E-state index < -0.39 is 0 Å². The second kappa shape index (κ2) is 4.66. The van der Waals surface area contributed by atoms with Crippen molar-refractivity contribution in [3.63, 3.8) is 0 Å². The molecule has 0 bridgehead atoms. The fourth-order valence-corrected chi connectivity index (χ4v) is 1.39. The normalized spacial score (nSPS) is 10.3. The SMILES string of the molecule is CCC(CC)Cn1ccnc1C#N. The Balaban J connectivity index is 2.68. The van der Waals surface area contributed by atoms with Crippen molar-refractivity contribution in [2.75, 3.05) is 0 Å². The van der Waals surface area contributed by atoms with Gasteiger partial charge in [0.25, 0.3) is 0 Å². The van der Waals surface area contributed by atoms with Gasteiger partial charge in [-0.1, -0.05) is 26.7 Å². The average molecular weight is 177 g/mol. The summed E-state index contributed by atoms with van der Waals surface area (Å²) in [6, 6.07) is 2.08. The highest BCUT2D eigenvalue weighted by molar-refractivity contribution is 5.11. The molecular weight excluding hydrogens is 162 g/mol. The van der Waals surface area contributed by atoms with Crippen LogP contribution in [0.1, 0.15) is 32.5 Å². The molecule has 0 aliphatic heterocycles. The lowest BCUT2D eigenvalue weighted by molar-refractivity contribution is 0.416. The van der Waals surface area contributed by atoms with Crippen LogP contribution >= 0.6 is 0 Å². The molecule has 3 nitrogen and oxygen atoms in total. The van der Waals surface area contributed by atoms with Crippen molar-refractivity contribution in [3.8, 4) is 6.07 Å². The van der Waals surface area contributed by atoms with Crippen LogP contribution in [-0.2, 0) is 6.54 Å². The van der Waals surface area contributed by atoms with E-state index in [-0.39, 0.29) is 0 Å². The van der Waals surface area contributed by atoms with Crippen LogP contribution in [0.25, 0.3) is 0 Å². The number of hydrogen-bond donors (Lipinski definition) is 0. The quantitative estimate of drug-likeness (QED) is 0.707. The molecule has 70 valence electrons. The second-order valence-corrected chi connectivity index (χ2v) is 3.20. The predicted molar refractivity (Wildman–Crippen MR) is 51.0 cm³/mol. The fourth-order valence-electron chi connectivity index (χ4n) is 1.39. The molecule has 0 aliphatic rings. The highest BCUT2D eigenvalue weighted by Gasteiger charge is 2.07. The van der Waals surface area contributed by atoms with E-state index in [2.05, 4.69) is 24.9 Å². The Morgan fingerprint density at radius 2 is 2.23 bits per heavy atom. The summed E-state index contributed by atoms with van der Waals surface area (Å²) < 4.78 is 1.93. The van der Waals surface area contributed by atoms with Crippen LogP contribution in [0.2, 0.25) is 0 Å². The lowest BCUT2D eigenvalue weighted by Gasteiger charge is -2.12. The molecule has 1 rings (SSSR count). The van der Waals surface area contributed by atoms with E-state index in [9.17, 15) is 0 Å². The molecule has 0 aromatic carbocycles. The first-order chi connectivity index (χ1) is 6.31. The van der Waals surface area contributed by atoms with Gasteiger partial charge in [0.05, 0.1) is 0 Å². The molecule has 0 amide bonds. The highest BCUT2D eigenvalue weighted by atomic mass is 15.1. The van der Waals surface area contributed by atoms with Gasteiger partial charge in [-0.15, -0.1) is 0 Å². The van der Waals surface area contributed by atoms with E-state index in [0.29, 0.717) is 11.7 Å². The van der Waals surface area contributed by atoms with Gasteiger partial charge in [0.2, 0.25) is 5.82 Å². The van der Waals surface area contributed by atoms with E-state index >= 15 is 0 Å². The largest absolute Gasteiger partial charge is 0.322 e. The molecule has 0 fully saturated rings. The third-order valence-corrected chi connectivity index (χ3v) is 2.43. The predicted octanol–water partition coefficient (Wildman–Crippen LogP) is 2.19. The first-order valence-electron chi connectivity index (χ1n) is 4.73. The summed E-state index contributed by atoms with van der Waals surface area (Å²) >= 11 is 0. The molecule has 0 saturated carbocycles. The number of aromatic nitrogens is 2. The van der Waals surface area contributed by atoms with Gasteiger partial charge in [-0.3, -0.25) is 0 Å². The van der Waals surface area contributed by atoms with Crippen LogP contribution in [0.4, 0.5) is 0 Å². The summed E-state index contributed by atoms with van der Waals surface area (Å²) in [5, 5.41) is 8.73. The van der Waals surface area contributed by atoms with E-state index in [0.717, 1.165) is 19.4 Å². The van der Waals surface area contributed by atoms with Crippen molar-refractivity contribution < 1.29 is 0 Å². The number of rotatable bonds is 4. The molecule has 1 heterocycles. The first kappa shape index (κ1) is 9.79. The number of nitrogens with zero attached hydrogens (tertiary/aromatic N) is 3. The van der Waals surface area contributed by atoms with Gasteiger partial charge in [0.15, 0.2) is 0 Å². The Morgan fingerprint density at radius 1 is 1.54 bits per heavy atom. The van der Waals surface area contributed by atoms with Crippen molar-refractivity contribution in [2.24, 2.45) is 5.92 Å². The molecule has 3 heteroatoms. The van der Waals surface area contributed by atoms with Gasteiger partial charge in [-0.2, -0.15) is 5.26 Å². The van der Waals surface area contributed by atoms with Crippen molar-refractivity contribution >= 4 is 0 Å². The topological polar surface area (TPSA) is 41.6 Å². The summed E-state index contributed by atoms with van der Waals surface area (Å²) in [5.41, 5.74) is 0. The van der Waals surface area contributed by atoms with E-state index in [1.807, 2.05) is 10.8 Å². The van der Waals surface area contributed by atoms with Gasteiger partial charge in [0, 0.05) is 18.9 Å². The number of nitriles is 1. The second-order valence-electron chi connectivity index (χ2n) is 3.20. The van der Waals surface area contributed by atoms with Crippen LogP contribution in [0.5, 0.6) is 0 Å². The summed E-state index contributed by atoms with van der Waals surface area (Å²) in [7, 11) is 0. The molecule has 0 N–H and O–H groups in total. The minimum Gasteiger partial charge on any atom is -0.322 e. The summed E-state index contributed by atoms with van der Waals surface area (Å²) in [6.07, 6.45) is 5.86. The molecule has 0 unspecified atom stereocenters. The smallest absolute Gasteiger partial charge is 0.212 e. The van der Waals surface area contributed by atoms with Crippen LogP contribution in [0.15, 0.2) is 12.4 Å². The van der Waals surface area contributed by atoms with Gasteiger partial charge in [-0.25, -0.2) is 4.98 Å². The molecule has 0 atom stereocenters. The lowest BCUT2D eigenvalue weighted by atomic mass is 10.0. The van der Waals surface area contributed by atoms with Crippen LogP contribution < -0.4 is 0 Å². The zero-order valence-electron chi connectivity index (χ0n) is 8.20. The Hall–Kier alpha value is -1.30. The molecular formula is C10H15N3. The number of hydrogen-bond acceptors (Lipinski definition) is 2. The standard InChI is InChI=1S/C10H15N3/c1-3-9(4-2)8-13-6-5-12-10(13)7-11/h5-6,9H,3-4,8H2,1-2H3. The molecule has 0 saturated heterocycles. The maximum atomic E-state index is 8.73. The molecule has 1 aromatic heterocycles. The third kappa shape index (κ3) is 2.32. The van der Waals surface area contributed by atoms with E-state index in [1.165, 1.54) is 0 Å². The van der Waals surface area contributed by atoms with Crippen LogP contribution in [0, 0.1) is 17.2 Å². The lowest BCUT2D eigenvalue weighted by Crippen LogP contribution is -2.09. The van der Waals surface area contributed by atoms with Crippen molar-refractivity contribution in [2.45, 2.75) is 33.2 Å². The Kier molecular flexibility index (Phi) is 3.51. The highest BCUT2D eigenvalue weighted by Crippen LogP contribution is 2.11. The minimum atomic E-state index is 0.520. The van der Waals surface area contributed by atoms with Gasteiger partial charge >= 0.3 is 0 Å². The molecule has 0 radical (unpaired) electrons. The number of imidazole rings is 1. The molecule has 13 heavy (non-hydrogen) atoms. The van der Waals surface area contributed by atoms with Gasteiger partial charge in [-0.05, 0) is 5.92 Å². The molecule has 1 aromatic rings. The van der Waals surface area contributed by atoms with Crippen molar-refractivity contribution in [3.05, 3.63) is 18.2 Å². The van der Waals surface area contributed by atoms with Crippen molar-refractivity contribution in [1.29, 1.82) is 5.26 Å². The summed E-state index contributed by atoms with van der Waals surface area (Å²) in [4.78, 5) is 3.96. The van der Waals surface area contributed by atoms with Gasteiger partial charge < -0.3 is 4.57 Å². The average Bonchev–Trinajstić information content (AvgIpc) is 2.61. The van der Waals surface area contributed by atoms with Crippen LogP contribution in [-0.4, -0.2) is 9.55 Å².